The van der Waals surface area contributed by atoms with Gasteiger partial charge in [0.1, 0.15) is 6.10 Å². The summed E-state index contributed by atoms with van der Waals surface area (Å²) in [6, 6.07) is 14.2. The lowest BCUT2D eigenvalue weighted by Gasteiger charge is -2.25. The molecule has 2 aromatic carbocycles. The van der Waals surface area contributed by atoms with Crippen molar-refractivity contribution in [2.75, 3.05) is 0 Å². The second kappa shape index (κ2) is 7.44. The summed E-state index contributed by atoms with van der Waals surface area (Å²) >= 11 is 0. The monoisotopic (exact) mass is 333 g/mol. The maximum Gasteiger partial charge on any atom is 0.407 e. The van der Waals surface area contributed by atoms with E-state index in [-0.39, 0.29) is 18.2 Å². The SMILES string of the molecule is C#CC1=C(C)CC[C@@H](OC(=O)N[C@@H](C)c2cccc3ccccc23)C1. The normalized spacial score (nSPS) is 18.5. The molecule has 3 nitrogen and oxygen atoms in total. The zero-order valence-corrected chi connectivity index (χ0v) is 14.7. The molecule has 1 aliphatic rings. The summed E-state index contributed by atoms with van der Waals surface area (Å²) in [5.74, 6) is 2.71. The van der Waals surface area contributed by atoms with Crippen LogP contribution in [0.2, 0.25) is 0 Å². The molecule has 0 bridgehead atoms. The van der Waals surface area contributed by atoms with Crippen molar-refractivity contribution >= 4 is 16.9 Å². The van der Waals surface area contributed by atoms with Gasteiger partial charge in [0, 0.05) is 12.0 Å². The molecule has 0 saturated carbocycles. The molecule has 0 aromatic heterocycles. The Kier molecular flexibility index (Phi) is 5.09. The predicted octanol–water partition coefficient (Wildman–Crippen LogP) is 5.13. The Labute approximate surface area is 149 Å². The third kappa shape index (κ3) is 3.85. The number of nitrogens with one attached hydrogen (secondary N) is 1. The number of fused-ring (bicyclic) bond motifs is 1. The molecule has 1 N–H and O–H groups in total. The van der Waals surface area contributed by atoms with Gasteiger partial charge in [-0.2, -0.15) is 0 Å². The van der Waals surface area contributed by atoms with Crippen LogP contribution >= 0.6 is 0 Å². The summed E-state index contributed by atoms with van der Waals surface area (Å²) in [4.78, 5) is 12.3. The number of alkyl carbamates (subject to hydrolysis) is 1. The van der Waals surface area contributed by atoms with Crippen molar-refractivity contribution in [3.8, 4) is 12.3 Å². The number of benzene rings is 2. The van der Waals surface area contributed by atoms with Gasteiger partial charge in [-0.3, -0.25) is 0 Å². The highest BCUT2D eigenvalue weighted by atomic mass is 16.6. The van der Waals surface area contributed by atoms with E-state index < -0.39 is 0 Å². The summed E-state index contributed by atoms with van der Waals surface area (Å²) in [5.41, 5.74) is 3.27. The van der Waals surface area contributed by atoms with Crippen LogP contribution in [0.5, 0.6) is 0 Å². The molecule has 3 heteroatoms. The largest absolute Gasteiger partial charge is 0.446 e. The van der Waals surface area contributed by atoms with E-state index in [4.69, 9.17) is 11.2 Å². The van der Waals surface area contributed by atoms with Crippen molar-refractivity contribution < 1.29 is 9.53 Å². The summed E-state index contributed by atoms with van der Waals surface area (Å²) in [7, 11) is 0. The van der Waals surface area contributed by atoms with Gasteiger partial charge in [-0.15, -0.1) is 6.42 Å². The fraction of sp³-hybridized carbons (Fsp3) is 0.318. The van der Waals surface area contributed by atoms with Crippen LogP contribution in [0.3, 0.4) is 0 Å². The second-order valence-electron chi connectivity index (χ2n) is 6.61. The van der Waals surface area contributed by atoms with Crippen molar-refractivity contribution in [1.82, 2.24) is 5.32 Å². The average Bonchev–Trinajstić information content (AvgIpc) is 2.62. The van der Waals surface area contributed by atoms with E-state index in [1.54, 1.807) is 0 Å². The molecule has 3 rings (SSSR count). The Balaban J connectivity index is 1.66. The van der Waals surface area contributed by atoms with Crippen LogP contribution in [0, 0.1) is 12.3 Å². The van der Waals surface area contributed by atoms with Gasteiger partial charge < -0.3 is 10.1 Å². The molecule has 1 aliphatic carbocycles. The van der Waals surface area contributed by atoms with Gasteiger partial charge >= 0.3 is 6.09 Å². The van der Waals surface area contributed by atoms with E-state index in [0.29, 0.717) is 6.42 Å². The Bertz CT molecular complexity index is 854. The van der Waals surface area contributed by atoms with Gasteiger partial charge in [0.25, 0.3) is 0 Å². The Morgan fingerprint density at radius 1 is 1.28 bits per heavy atom. The molecule has 128 valence electrons. The highest BCUT2D eigenvalue weighted by molar-refractivity contribution is 5.86. The Morgan fingerprint density at radius 3 is 2.84 bits per heavy atom. The predicted molar refractivity (Wildman–Crippen MR) is 101 cm³/mol. The lowest BCUT2D eigenvalue weighted by atomic mass is 9.91. The van der Waals surface area contributed by atoms with Crippen LogP contribution in [-0.2, 0) is 4.74 Å². The van der Waals surface area contributed by atoms with Crippen LogP contribution in [0.1, 0.15) is 44.7 Å². The summed E-state index contributed by atoms with van der Waals surface area (Å²) in [6.07, 6.45) is 7.35. The average molecular weight is 333 g/mol. The van der Waals surface area contributed by atoms with Crippen molar-refractivity contribution in [3.63, 3.8) is 0 Å². The minimum atomic E-state index is -0.388. The van der Waals surface area contributed by atoms with E-state index in [0.717, 1.165) is 34.8 Å². The van der Waals surface area contributed by atoms with Gasteiger partial charge in [-0.25, -0.2) is 4.79 Å². The lowest BCUT2D eigenvalue weighted by molar-refractivity contribution is 0.0880. The Morgan fingerprint density at radius 2 is 2.04 bits per heavy atom. The van der Waals surface area contributed by atoms with Gasteiger partial charge in [-0.1, -0.05) is 54.0 Å². The number of amides is 1. The highest BCUT2D eigenvalue weighted by Crippen LogP contribution is 2.27. The van der Waals surface area contributed by atoms with Crippen molar-refractivity contribution in [3.05, 3.63) is 59.2 Å². The number of allylic oxidation sites excluding steroid dienone is 1. The van der Waals surface area contributed by atoms with Gasteiger partial charge in [0.2, 0.25) is 0 Å². The molecule has 1 amide bonds. The zero-order valence-electron chi connectivity index (χ0n) is 14.7. The van der Waals surface area contributed by atoms with Crippen LogP contribution < -0.4 is 5.32 Å². The maximum absolute atomic E-state index is 12.3. The van der Waals surface area contributed by atoms with Gasteiger partial charge in [-0.05, 0) is 43.0 Å². The molecule has 0 fully saturated rings. The minimum absolute atomic E-state index is 0.133. The first-order valence-electron chi connectivity index (χ1n) is 8.68. The van der Waals surface area contributed by atoms with Crippen LogP contribution in [0.4, 0.5) is 4.79 Å². The zero-order chi connectivity index (χ0) is 17.8. The molecule has 0 heterocycles. The maximum atomic E-state index is 12.3. The fourth-order valence-corrected chi connectivity index (χ4v) is 3.38. The molecular weight excluding hydrogens is 310 g/mol. The number of rotatable bonds is 3. The van der Waals surface area contributed by atoms with Gasteiger partial charge in [0.15, 0.2) is 0 Å². The number of hydrogen-bond acceptors (Lipinski definition) is 2. The molecule has 2 atom stereocenters. The number of ether oxygens (including phenoxy) is 1. The molecule has 25 heavy (non-hydrogen) atoms. The van der Waals surface area contributed by atoms with Gasteiger partial charge in [0.05, 0.1) is 6.04 Å². The van der Waals surface area contributed by atoms with Crippen LogP contribution in [-0.4, -0.2) is 12.2 Å². The van der Waals surface area contributed by atoms with Crippen molar-refractivity contribution in [2.45, 2.75) is 45.3 Å². The summed E-state index contributed by atoms with van der Waals surface area (Å²) in [6.45, 7) is 4.02. The first-order valence-corrected chi connectivity index (χ1v) is 8.68. The number of terminal acetylenes is 1. The number of carbonyl (C=O) groups is 1. The summed E-state index contributed by atoms with van der Waals surface area (Å²) in [5, 5.41) is 5.25. The summed E-state index contributed by atoms with van der Waals surface area (Å²) < 4.78 is 5.60. The molecule has 0 unspecified atom stereocenters. The van der Waals surface area contributed by atoms with E-state index in [1.165, 1.54) is 5.57 Å². The molecule has 0 spiro atoms. The smallest absolute Gasteiger partial charge is 0.407 e. The number of carbonyl (C=O) groups excluding carboxylic acids is 1. The standard InChI is InChI=1S/C22H23NO2/c1-4-17-14-19(13-12-15(17)2)25-22(24)23-16(3)20-11-7-9-18-8-5-6-10-21(18)20/h1,5-11,16,19H,12-14H2,2-3H3,(H,23,24)/t16-,19+/m0/s1. The second-order valence-corrected chi connectivity index (χ2v) is 6.61. The Hall–Kier alpha value is -2.73. The molecule has 0 radical (unpaired) electrons. The third-order valence-electron chi connectivity index (χ3n) is 4.86. The van der Waals surface area contributed by atoms with E-state index in [2.05, 4.69) is 29.4 Å². The quantitative estimate of drug-likeness (QED) is 0.791. The first kappa shape index (κ1) is 17.1. The van der Waals surface area contributed by atoms with E-state index >= 15 is 0 Å². The topological polar surface area (TPSA) is 38.3 Å². The third-order valence-corrected chi connectivity index (χ3v) is 4.86. The minimum Gasteiger partial charge on any atom is -0.446 e. The van der Waals surface area contributed by atoms with E-state index in [9.17, 15) is 4.79 Å². The highest BCUT2D eigenvalue weighted by Gasteiger charge is 2.22. The number of hydrogen-bond donors (Lipinski definition) is 1. The lowest BCUT2D eigenvalue weighted by Crippen LogP contribution is -2.32. The molecular formula is C22H23NO2. The van der Waals surface area contributed by atoms with Crippen molar-refractivity contribution in [2.24, 2.45) is 0 Å². The molecule has 0 saturated heterocycles. The fourth-order valence-electron chi connectivity index (χ4n) is 3.38. The molecule has 2 aromatic rings. The van der Waals surface area contributed by atoms with Crippen LogP contribution in [0.25, 0.3) is 10.8 Å². The molecule has 0 aliphatic heterocycles. The van der Waals surface area contributed by atoms with Crippen molar-refractivity contribution in [1.29, 1.82) is 0 Å². The van der Waals surface area contributed by atoms with Crippen LogP contribution in [0.15, 0.2) is 53.6 Å². The first-order chi connectivity index (χ1) is 12.1. The van der Waals surface area contributed by atoms with E-state index in [1.807, 2.05) is 38.1 Å².